The molecular formula is C30H23BrN4O6. The number of hydrazone groups is 1. The van der Waals surface area contributed by atoms with Crippen LogP contribution in [-0.2, 0) is 9.59 Å². The number of nitrogens with one attached hydrogen (secondary N) is 3. The van der Waals surface area contributed by atoms with Crippen LogP contribution >= 0.6 is 15.9 Å². The largest absolute Gasteiger partial charge is 0.497 e. The van der Waals surface area contributed by atoms with Crippen molar-refractivity contribution in [2.75, 3.05) is 17.7 Å². The van der Waals surface area contributed by atoms with Crippen LogP contribution in [0.3, 0.4) is 0 Å². The van der Waals surface area contributed by atoms with Crippen molar-refractivity contribution in [2.45, 2.75) is 0 Å². The minimum absolute atomic E-state index is 0.158. The number of esters is 1. The number of methoxy groups -OCH3 is 1. The van der Waals surface area contributed by atoms with E-state index < -0.39 is 23.7 Å². The van der Waals surface area contributed by atoms with Crippen molar-refractivity contribution in [3.63, 3.8) is 0 Å². The first kappa shape index (κ1) is 28.7. The molecule has 0 heterocycles. The Labute approximate surface area is 243 Å². The zero-order valence-electron chi connectivity index (χ0n) is 21.6. The molecule has 206 valence electrons. The van der Waals surface area contributed by atoms with Gasteiger partial charge in [-0.25, -0.2) is 10.2 Å². The molecule has 0 radical (unpaired) electrons. The van der Waals surface area contributed by atoms with Crippen molar-refractivity contribution < 1.29 is 28.7 Å². The second kappa shape index (κ2) is 13.7. The number of benzene rings is 4. The fourth-order valence-electron chi connectivity index (χ4n) is 3.43. The molecule has 0 atom stereocenters. The molecule has 4 aromatic carbocycles. The van der Waals surface area contributed by atoms with Crippen molar-refractivity contribution >= 4 is 57.2 Å². The zero-order valence-corrected chi connectivity index (χ0v) is 23.2. The number of rotatable bonds is 8. The molecule has 4 rings (SSSR count). The van der Waals surface area contributed by atoms with Crippen LogP contribution in [0.4, 0.5) is 11.4 Å². The molecule has 3 amide bonds. The molecule has 4 aromatic rings. The molecule has 11 heteroatoms. The summed E-state index contributed by atoms with van der Waals surface area (Å²) in [6, 6.07) is 26.2. The predicted octanol–water partition coefficient (Wildman–Crippen LogP) is 5.02. The fraction of sp³-hybridized carbons (Fsp3) is 0.0333. The Morgan fingerprint density at radius 1 is 0.756 bits per heavy atom. The Morgan fingerprint density at radius 3 is 2.10 bits per heavy atom. The second-order valence-corrected chi connectivity index (χ2v) is 9.26. The summed E-state index contributed by atoms with van der Waals surface area (Å²) in [7, 11) is 1.54. The first-order valence-corrected chi connectivity index (χ1v) is 12.9. The van der Waals surface area contributed by atoms with Gasteiger partial charge in [0.25, 0.3) is 5.91 Å². The molecule has 0 saturated heterocycles. The van der Waals surface area contributed by atoms with E-state index in [0.29, 0.717) is 28.3 Å². The Hall–Kier alpha value is -5.29. The van der Waals surface area contributed by atoms with Gasteiger partial charge >= 0.3 is 17.8 Å². The number of hydrogen-bond acceptors (Lipinski definition) is 7. The van der Waals surface area contributed by atoms with Crippen molar-refractivity contribution in [2.24, 2.45) is 5.10 Å². The van der Waals surface area contributed by atoms with E-state index in [1.165, 1.54) is 25.5 Å². The van der Waals surface area contributed by atoms with E-state index in [9.17, 15) is 19.2 Å². The van der Waals surface area contributed by atoms with Crippen LogP contribution in [0.5, 0.6) is 11.5 Å². The van der Waals surface area contributed by atoms with Crippen molar-refractivity contribution in [1.82, 2.24) is 5.43 Å². The quantitative estimate of drug-likeness (QED) is 0.0838. The summed E-state index contributed by atoms with van der Waals surface area (Å²) < 4.78 is 11.3. The van der Waals surface area contributed by atoms with Gasteiger partial charge in [-0.2, -0.15) is 5.10 Å². The molecule has 0 fully saturated rings. The maximum atomic E-state index is 12.7. The molecule has 0 aliphatic rings. The van der Waals surface area contributed by atoms with Gasteiger partial charge in [0.15, 0.2) is 0 Å². The third-order valence-corrected chi connectivity index (χ3v) is 6.05. The van der Waals surface area contributed by atoms with Gasteiger partial charge in [0.05, 0.1) is 30.1 Å². The normalized spacial score (nSPS) is 10.5. The van der Waals surface area contributed by atoms with E-state index in [4.69, 9.17) is 9.47 Å². The number of carbonyl (C=O) groups is 4. The lowest BCUT2D eigenvalue weighted by Crippen LogP contribution is -2.33. The maximum absolute atomic E-state index is 12.7. The number of hydrogen-bond donors (Lipinski definition) is 3. The lowest BCUT2D eigenvalue weighted by Gasteiger charge is -2.11. The van der Waals surface area contributed by atoms with Gasteiger partial charge in [-0.15, -0.1) is 0 Å². The highest BCUT2D eigenvalue weighted by Crippen LogP contribution is 2.19. The topological polar surface area (TPSA) is 135 Å². The Kier molecular flexibility index (Phi) is 9.57. The summed E-state index contributed by atoms with van der Waals surface area (Å²) in [5.74, 6) is -2.09. The number of carbonyl (C=O) groups excluding carboxylic acids is 4. The average molecular weight is 615 g/mol. The SMILES string of the molecule is COc1ccc(C(=O)Oc2ccc(C=NNC(=O)C(=O)Nc3ccccc3C(=O)Nc3ccc(Br)cc3)cc2)cc1. The Morgan fingerprint density at radius 2 is 1.41 bits per heavy atom. The van der Waals surface area contributed by atoms with Crippen LogP contribution in [0.1, 0.15) is 26.3 Å². The number of para-hydroxylation sites is 1. The van der Waals surface area contributed by atoms with E-state index in [1.54, 1.807) is 84.9 Å². The van der Waals surface area contributed by atoms with Gasteiger partial charge < -0.3 is 20.1 Å². The standard InChI is InChI=1S/C30H23BrN4O6/c1-40-23-16-8-20(9-17-23)30(39)41-24-14-6-19(7-15-24)18-32-35-29(38)28(37)34-26-5-3-2-4-25(26)27(36)33-22-12-10-21(31)11-13-22/h2-18H,1H3,(H,33,36)(H,34,37)(H,35,38). The minimum atomic E-state index is -1.03. The molecule has 0 aromatic heterocycles. The third kappa shape index (κ3) is 8.10. The van der Waals surface area contributed by atoms with E-state index in [-0.39, 0.29) is 11.3 Å². The molecule has 0 aliphatic heterocycles. The van der Waals surface area contributed by atoms with Crippen LogP contribution < -0.4 is 25.5 Å². The fourth-order valence-corrected chi connectivity index (χ4v) is 3.70. The Balaban J connectivity index is 1.29. The monoisotopic (exact) mass is 614 g/mol. The molecule has 3 N–H and O–H groups in total. The van der Waals surface area contributed by atoms with E-state index in [0.717, 1.165) is 4.47 Å². The van der Waals surface area contributed by atoms with E-state index in [2.05, 4.69) is 37.1 Å². The van der Waals surface area contributed by atoms with E-state index >= 15 is 0 Å². The lowest BCUT2D eigenvalue weighted by atomic mass is 10.1. The molecule has 0 bridgehead atoms. The van der Waals surface area contributed by atoms with Crippen LogP contribution in [0, 0.1) is 0 Å². The highest BCUT2D eigenvalue weighted by molar-refractivity contribution is 9.10. The van der Waals surface area contributed by atoms with Crippen LogP contribution in [-0.4, -0.2) is 37.0 Å². The number of ether oxygens (including phenoxy) is 2. The van der Waals surface area contributed by atoms with Crippen LogP contribution in [0.25, 0.3) is 0 Å². The summed E-state index contributed by atoms with van der Waals surface area (Å²) >= 11 is 3.33. The van der Waals surface area contributed by atoms with E-state index in [1.807, 2.05) is 0 Å². The van der Waals surface area contributed by atoms with Crippen molar-refractivity contribution in [1.29, 1.82) is 0 Å². The zero-order chi connectivity index (χ0) is 29.2. The van der Waals surface area contributed by atoms with Gasteiger partial charge in [0.1, 0.15) is 11.5 Å². The van der Waals surface area contributed by atoms with Gasteiger partial charge in [0, 0.05) is 10.2 Å². The number of amides is 3. The molecule has 10 nitrogen and oxygen atoms in total. The molecule has 0 unspecified atom stereocenters. The predicted molar refractivity (Wildman–Crippen MR) is 157 cm³/mol. The molecule has 0 saturated carbocycles. The van der Waals surface area contributed by atoms with Crippen molar-refractivity contribution in [3.8, 4) is 11.5 Å². The van der Waals surface area contributed by atoms with Gasteiger partial charge in [-0.05, 0) is 90.5 Å². The summed E-state index contributed by atoms with van der Waals surface area (Å²) in [4.78, 5) is 49.8. The first-order valence-electron chi connectivity index (χ1n) is 12.1. The summed E-state index contributed by atoms with van der Waals surface area (Å²) in [5, 5.41) is 8.96. The number of nitrogens with zero attached hydrogens (tertiary/aromatic N) is 1. The van der Waals surface area contributed by atoms with Crippen molar-refractivity contribution in [3.05, 3.63) is 118 Å². The van der Waals surface area contributed by atoms with Crippen LogP contribution in [0.15, 0.2) is 107 Å². The molecule has 0 spiro atoms. The molecule has 41 heavy (non-hydrogen) atoms. The third-order valence-electron chi connectivity index (χ3n) is 5.52. The smallest absolute Gasteiger partial charge is 0.343 e. The van der Waals surface area contributed by atoms with Gasteiger partial charge in [-0.3, -0.25) is 14.4 Å². The molecule has 0 aliphatic carbocycles. The summed E-state index contributed by atoms with van der Waals surface area (Å²) in [6.07, 6.45) is 1.32. The highest BCUT2D eigenvalue weighted by atomic mass is 79.9. The highest BCUT2D eigenvalue weighted by Gasteiger charge is 2.18. The first-order chi connectivity index (χ1) is 19.8. The summed E-state index contributed by atoms with van der Waals surface area (Å²) in [6.45, 7) is 0. The second-order valence-electron chi connectivity index (χ2n) is 8.35. The Bertz CT molecular complexity index is 1590. The summed E-state index contributed by atoms with van der Waals surface area (Å²) in [5.41, 5.74) is 3.98. The van der Waals surface area contributed by atoms with Gasteiger partial charge in [0.2, 0.25) is 0 Å². The lowest BCUT2D eigenvalue weighted by molar-refractivity contribution is -0.136. The average Bonchev–Trinajstić information content (AvgIpc) is 2.99. The van der Waals surface area contributed by atoms with Crippen LogP contribution in [0.2, 0.25) is 0 Å². The molecular weight excluding hydrogens is 592 g/mol. The van der Waals surface area contributed by atoms with Gasteiger partial charge in [-0.1, -0.05) is 28.1 Å². The minimum Gasteiger partial charge on any atom is -0.497 e. The number of anilines is 2. The number of halogens is 1. The maximum Gasteiger partial charge on any atom is 0.343 e.